The summed E-state index contributed by atoms with van der Waals surface area (Å²) in [5.74, 6) is -0.405. The summed E-state index contributed by atoms with van der Waals surface area (Å²) in [6.45, 7) is 0.0409. The van der Waals surface area contributed by atoms with Crippen molar-refractivity contribution in [3.63, 3.8) is 0 Å². The first-order chi connectivity index (χ1) is 7.22. The van der Waals surface area contributed by atoms with Crippen molar-refractivity contribution in [1.29, 1.82) is 5.26 Å². The summed E-state index contributed by atoms with van der Waals surface area (Å²) >= 11 is 0. The Bertz CT molecular complexity index is 476. The van der Waals surface area contributed by atoms with E-state index >= 15 is 0 Å². The molecule has 0 aliphatic carbocycles. The standard InChI is InChI=1S/C10H7N3O2/c11-5-8-9(2-1-3-12-8)13-6-7(14)4-10(13)15/h1-3H,4,6H2. The van der Waals surface area contributed by atoms with Crippen LogP contribution >= 0.6 is 0 Å². The van der Waals surface area contributed by atoms with Crippen molar-refractivity contribution >= 4 is 17.4 Å². The maximum Gasteiger partial charge on any atom is 0.235 e. The van der Waals surface area contributed by atoms with E-state index in [2.05, 4.69) is 4.98 Å². The molecule has 1 amide bonds. The molecule has 0 N–H and O–H groups in total. The molecule has 74 valence electrons. The van der Waals surface area contributed by atoms with Crippen LogP contribution in [-0.2, 0) is 9.59 Å². The number of carbonyl (C=O) groups is 2. The van der Waals surface area contributed by atoms with Crippen LogP contribution < -0.4 is 4.90 Å². The second-order valence-corrected chi connectivity index (χ2v) is 3.18. The average Bonchev–Trinajstić information content (AvgIpc) is 2.57. The predicted molar refractivity (Wildman–Crippen MR) is 50.9 cm³/mol. The molecule has 1 saturated heterocycles. The van der Waals surface area contributed by atoms with Crippen LogP contribution in [0, 0.1) is 11.3 Å². The normalized spacial score (nSPS) is 15.5. The van der Waals surface area contributed by atoms with Gasteiger partial charge < -0.3 is 4.90 Å². The van der Waals surface area contributed by atoms with Crippen LogP contribution in [0.25, 0.3) is 0 Å². The van der Waals surface area contributed by atoms with E-state index in [-0.39, 0.29) is 30.3 Å². The summed E-state index contributed by atoms with van der Waals surface area (Å²) < 4.78 is 0. The van der Waals surface area contributed by atoms with Crippen molar-refractivity contribution in [1.82, 2.24) is 4.98 Å². The van der Waals surface area contributed by atoms with E-state index in [9.17, 15) is 9.59 Å². The molecule has 0 atom stereocenters. The lowest BCUT2D eigenvalue weighted by molar-refractivity contribution is -0.121. The fourth-order valence-corrected chi connectivity index (χ4v) is 1.50. The molecule has 1 fully saturated rings. The van der Waals surface area contributed by atoms with Gasteiger partial charge in [-0.1, -0.05) is 0 Å². The number of anilines is 1. The fraction of sp³-hybridized carbons (Fsp3) is 0.200. The second-order valence-electron chi connectivity index (χ2n) is 3.18. The second kappa shape index (κ2) is 3.50. The van der Waals surface area contributed by atoms with Crippen molar-refractivity contribution in [3.05, 3.63) is 24.0 Å². The Labute approximate surface area is 85.9 Å². The maximum atomic E-state index is 11.4. The Morgan fingerprint density at radius 3 is 2.87 bits per heavy atom. The third-order valence-electron chi connectivity index (χ3n) is 2.17. The summed E-state index contributed by atoms with van der Waals surface area (Å²) in [5, 5.41) is 8.80. The van der Waals surface area contributed by atoms with Gasteiger partial charge in [0.2, 0.25) is 5.91 Å². The highest BCUT2D eigenvalue weighted by Gasteiger charge is 2.30. The van der Waals surface area contributed by atoms with Crippen LogP contribution in [0.5, 0.6) is 0 Å². The summed E-state index contributed by atoms with van der Waals surface area (Å²) in [7, 11) is 0. The number of ketones is 1. The highest BCUT2D eigenvalue weighted by Crippen LogP contribution is 2.21. The number of pyridine rings is 1. The molecule has 5 nitrogen and oxygen atoms in total. The molecule has 15 heavy (non-hydrogen) atoms. The van der Waals surface area contributed by atoms with Gasteiger partial charge in [0, 0.05) is 6.20 Å². The molecule has 5 heteroatoms. The number of aromatic nitrogens is 1. The lowest BCUT2D eigenvalue weighted by Crippen LogP contribution is -2.25. The fourth-order valence-electron chi connectivity index (χ4n) is 1.50. The van der Waals surface area contributed by atoms with Crippen LogP contribution in [0.1, 0.15) is 12.1 Å². The van der Waals surface area contributed by atoms with Gasteiger partial charge >= 0.3 is 0 Å². The molecule has 1 aliphatic heterocycles. The molecule has 1 aromatic heterocycles. The summed E-state index contributed by atoms with van der Waals surface area (Å²) in [6, 6.07) is 5.14. The molecule has 0 bridgehead atoms. The number of nitrogens with zero attached hydrogens (tertiary/aromatic N) is 3. The largest absolute Gasteiger partial charge is 0.302 e. The Kier molecular flexibility index (Phi) is 2.18. The Hall–Kier alpha value is -2.22. The topological polar surface area (TPSA) is 74.1 Å². The molecular weight excluding hydrogens is 194 g/mol. The zero-order valence-corrected chi connectivity index (χ0v) is 7.80. The van der Waals surface area contributed by atoms with E-state index in [1.54, 1.807) is 12.1 Å². The van der Waals surface area contributed by atoms with Crippen molar-refractivity contribution in [2.24, 2.45) is 0 Å². The lowest BCUT2D eigenvalue weighted by atomic mass is 10.3. The molecule has 1 aliphatic rings. The lowest BCUT2D eigenvalue weighted by Gasteiger charge is -2.14. The molecule has 0 saturated carbocycles. The van der Waals surface area contributed by atoms with Gasteiger partial charge in [-0.25, -0.2) is 4.98 Å². The molecule has 0 radical (unpaired) electrons. The Morgan fingerprint density at radius 1 is 1.47 bits per heavy atom. The third kappa shape index (κ3) is 1.57. The highest BCUT2D eigenvalue weighted by molar-refractivity contribution is 6.15. The van der Waals surface area contributed by atoms with Crippen LogP contribution in [0.2, 0.25) is 0 Å². The molecule has 0 spiro atoms. The molecular formula is C10H7N3O2. The van der Waals surface area contributed by atoms with Gasteiger partial charge in [0.1, 0.15) is 6.07 Å². The first-order valence-electron chi connectivity index (χ1n) is 4.39. The molecule has 2 rings (SSSR count). The summed E-state index contributed by atoms with van der Waals surface area (Å²) in [5.41, 5.74) is 0.580. The smallest absolute Gasteiger partial charge is 0.235 e. The van der Waals surface area contributed by atoms with E-state index in [4.69, 9.17) is 5.26 Å². The van der Waals surface area contributed by atoms with Crippen LogP contribution in [0.4, 0.5) is 5.69 Å². The van der Waals surface area contributed by atoms with Crippen molar-refractivity contribution in [2.45, 2.75) is 6.42 Å². The number of nitriles is 1. The highest BCUT2D eigenvalue weighted by atomic mass is 16.2. The van der Waals surface area contributed by atoms with Gasteiger partial charge in [0.05, 0.1) is 18.7 Å². The molecule has 0 aromatic carbocycles. The number of Topliss-reactive ketones (excluding diaryl/α,β-unsaturated/α-hetero) is 1. The van der Waals surface area contributed by atoms with Gasteiger partial charge in [0.15, 0.2) is 11.5 Å². The maximum absolute atomic E-state index is 11.4. The number of hydrogen-bond acceptors (Lipinski definition) is 4. The van der Waals surface area contributed by atoms with Gasteiger partial charge in [-0.05, 0) is 12.1 Å². The number of rotatable bonds is 1. The van der Waals surface area contributed by atoms with Gasteiger partial charge in [-0.2, -0.15) is 5.26 Å². The first kappa shape index (κ1) is 9.34. The van der Waals surface area contributed by atoms with E-state index in [1.807, 2.05) is 6.07 Å². The zero-order chi connectivity index (χ0) is 10.8. The average molecular weight is 201 g/mol. The zero-order valence-electron chi connectivity index (χ0n) is 7.80. The number of carbonyl (C=O) groups excluding carboxylic acids is 2. The van der Waals surface area contributed by atoms with Crippen LogP contribution in [0.3, 0.4) is 0 Å². The van der Waals surface area contributed by atoms with Crippen molar-refractivity contribution in [3.8, 4) is 6.07 Å². The monoisotopic (exact) mass is 201 g/mol. The summed E-state index contributed by atoms with van der Waals surface area (Å²) in [6.07, 6.45) is 1.39. The number of amides is 1. The molecule has 0 unspecified atom stereocenters. The predicted octanol–water partition coefficient (Wildman–Crippen LogP) is 0.259. The molecule has 2 heterocycles. The number of hydrogen-bond donors (Lipinski definition) is 0. The van der Waals surface area contributed by atoms with E-state index in [0.717, 1.165) is 0 Å². The van der Waals surface area contributed by atoms with E-state index < -0.39 is 0 Å². The van der Waals surface area contributed by atoms with E-state index in [1.165, 1.54) is 11.1 Å². The SMILES string of the molecule is N#Cc1ncccc1N1CC(=O)CC1=O. The van der Waals surface area contributed by atoms with Gasteiger partial charge in [0.25, 0.3) is 0 Å². The Morgan fingerprint density at radius 2 is 2.27 bits per heavy atom. The minimum atomic E-state index is -0.274. The van der Waals surface area contributed by atoms with Crippen LogP contribution in [0.15, 0.2) is 18.3 Å². The first-order valence-corrected chi connectivity index (χ1v) is 4.39. The minimum absolute atomic E-state index is 0.0409. The third-order valence-corrected chi connectivity index (χ3v) is 2.17. The minimum Gasteiger partial charge on any atom is -0.302 e. The van der Waals surface area contributed by atoms with Crippen molar-refractivity contribution < 1.29 is 9.59 Å². The summed E-state index contributed by atoms with van der Waals surface area (Å²) in [4.78, 5) is 27.6. The van der Waals surface area contributed by atoms with Crippen LogP contribution in [-0.4, -0.2) is 23.2 Å². The van der Waals surface area contributed by atoms with Crippen molar-refractivity contribution in [2.75, 3.05) is 11.4 Å². The quantitative estimate of drug-likeness (QED) is 0.611. The van der Waals surface area contributed by atoms with Gasteiger partial charge in [-0.3, -0.25) is 9.59 Å². The molecule has 1 aromatic rings. The Balaban J connectivity index is 2.42. The van der Waals surface area contributed by atoms with E-state index in [0.29, 0.717) is 5.69 Å². The van der Waals surface area contributed by atoms with Gasteiger partial charge in [-0.15, -0.1) is 0 Å².